The third kappa shape index (κ3) is 1.75. The van der Waals surface area contributed by atoms with Gasteiger partial charge in [0.15, 0.2) is 0 Å². The van der Waals surface area contributed by atoms with Gasteiger partial charge in [0.25, 0.3) is 0 Å². The zero-order chi connectivity index (χ0) is 11.1. The lowest BCUT2D eigenvalue weighted by Crippen LogP contribution is -2.55. The topological polar surface area (TPSA) is 24.9 Å². The summed E-state index contributed by atoms with van der Waals surface area (Å²) in [7, 11) is 4.82. The van der Waals surface area contributed by atoms with Crippen LogP contribution in [0.5, 0.6) is 0 Å². The number of rotatable bonds is 2. The summed E-state index contributed by atoms with van der Waals surface area (Å²) in [4.78, 5) is 4.56. The van der Waals surface area contributed by atoms with E-state index in [1.165, 1.54) is 23.8 Å². The number of hydrogen-bond acceptors (Lipinski definition) is 2. The van der Waals surface area contributed by atoms with Crippen LogP contribution in [0.1, 0.15) is 25.5 Å². The van der Waals surface area contributed by atoms with Gasteiger partial charge in [0.1, 0.15) is 0 Å². The Balaban J connectivity index is 2.44. The van der Waals surface area contributed by atoms with E-state index >= 15 is 0 Å². The van der Waals surface area contributed by atoms with Gasteiger partial charge in [-0.1, -0.05) is 6.92 Å². The molecule has 0 spiro atoms. The molecule has 15 heavy (non-hydrogen) atoms. The molecule has 0 bridgehead atoms. The fourth-order valence-corrected chi connectivity index (χ4v) is 3.50. The van der Waals surface area contributed by atoms with Crippen molar-refractivity contribution in [3.05, 3.63) is 22.4 Å². The van der Waals surface area contributed by atoms with Gasteiger partial charge in [0.05, 0.1) is 11.2 Å². The largest absolute Gasteiger partial charge is 0.309 e. The van der Waals surface area contributed by atoms with E-state index in [-0.39, 0.29) is 5.54 Å². The molecule has 1 N–H and O–H groups in total. The molecule has 1 aliphatic carbocycles. The number of nitrogens with one attached hydrogen (secondary N) is 1. The van der Waals surface area contributed by atoms with Crippen molar-refractivity contribution in [3.8, 4) is 0 Å². The van der Waals surface area contributed by atoms with Crippen molar-refractivity contribution in [2.75, 3.05) is 7.05 Å². The smallest absolute Gasteiger partial charge is 0.0679 e. The van der Waals surface area contributed by atoms with Crippen LogP contribution in [-0.4, -0.2) is 12.0 Å². The monoisotopic (exact) mass is 286 g/mol. The standard InChI is InChI=1S/C11H16BrN2P/c1-7-3-4-11(7,13-2)10-9(15)5-8(12)6-14-10/h5-7,13H,3-4,15H2,1-2H3. The number of aromatic nitrogens is 1. The van der Waals surface area contributed by atoms with E-state index in [0.717, 1.165) is 4.47 Å². The van der Waals surface area contributed by atoms with Gasteiger partial charge in [-0.3, -0.25) is 4.98 Å². The highest BCUT2D eigenvalue weighted by Crippen LogP contribution is 2.45. The van der Waals surface area contributed by atoms with E-state index in [4.69, 9.17) is 0 Å². The summed E-state index contributed by atoms with van der Waals surface area (Å²) < 4.78 is 1.04. The summed E-state index contributed by atoms with van der Waals surface area (Å²) in [5, 5.41) is 4.64. The van der Waals surface area contributed by atoms with Crippen LogP contribution in [0.2, 0.25) is 0 Å². The minimum Gasteiger partial charge on any atom is -0.309 e. The SMILES string of the molecule is CNC1(c2ncc(Br)cc2P)CCC1C. The van der Waals surface area contributed by atoms with Crippen LogP contribution in [0, 0.1) is 5.92 Å². The molecule has 1 aliphatic rings. The van der Waals surface area contributed by atoms with E-state index in [0.29, 0.717) is 5.92 Å². The van der Waals surface area contributed by atoms with Crippen molar-refractivity contribution in [1.82, 2.24) is 10.3 Å². The van der Waals surface area contributed by atoms with Gasteiger partial charge in [-0.15, -0.1) is 9.24 Å². The molecule has 1 heterocycles. The molecule has 0 aliphatic heterocycles. The molecular weight excluding hydrogens is 271 g/mol. The predicted molar refractivity (Wildman–Crippen MR) is 70.4 cm³/mol. The van der Waals surface area contributed by atoms with Crippen LogP contribution < -0.4 is 10.6 Å². The Hall–Kier alpha value is 0.0200. The summed E-state index contributed by atoms with van der Waals surface area (Å²) in [6.45, 7) is 2.29. The molecule has 1 aromatic heterocycles. The highest BCUT2D eigenvalue weighted by molar-refractivity contribution is 9.10. The maximum Gasteiger partial charge on any atom is 0.0679 e. The van der Waals surface area contributed by atoms with Gasteiger partial charge in [-0.2, -0.15) is 0 Å². The quantitative estimate of drug-likeness (QED) is 0.843. The first-order valence-electron chi connectivity index (χ1n) is 5.20. The zero-order valence-corrected chi connectivity index (χ0v) is 11.8. The Morgan fingerprint density at radius 3 is 2.80 bits per heavy atom. The summed E-state index contributed by atoms with van der Waals surface area (Å²) in [5.74, 6) is 0.662. The summed E-state index contributed by atoms with van der Waals surface area (Å²) >= 11 is 3.44. The Bertz CT molecular complexity index is 379. The van der Waals surface area contributed by atoms with E-state index in [9.17, 15) is 0 Å². The van der Waals surface area contributed by atoms with Crippen LogP contribution in [0.4, 0.5) is 0 Å². The lowest BCUT2D eigenvalue weighted by atomic mass is 9.65. The summed E-state index contributed by atoms with van der Waals surface area (Å²) in [5.41, 5.74) is 1.27. The van der Waals surface area contributed by atoms with Crippen LogP contribution in [-0.2, 0) is 5.54 Å². The van der Waals surface area contributed by atoms with Gasteiger partial charge < -0.3 is 5.32 Å². The summed E-state index contributed by atoms with van der Waals surface area (Å²) in [6, 6.07) is 2.11. The molecular formula is C11H16BrN2P. The lowest BCUT2D eigenvalue weighted by molar-refractivity contribution is 0.101. The first-order valence-corrected chi connectivity index (χ1v) is 6.57. The Morgan fingerprint density at radius 2 is 2.40 bits per heavy atom. The van der Waals surface area contributed by atoms with Crippen molar-refractivity contribution in [3.63, 3.8) is 0 Å². The van der Waals surface area contributed by atoms with Gasteiger partial charge in [0.2, 0.25) is 0 Å². The van der Waals surface area contributed by atoms with Gasteiger partial charge in [-0.05, 0) is 53.1 Å². The Morgan fingerprint density at radius 1 is 1.67 bits per heavy atom. The molecule has 1 saturated carbocycles. The predicted octanol–water partition coefficient (Wildman–Crippen LogP) is 2.19. The first-order chi connectivity index (χ1) is 7.10. The maximum atomic E-state index is 4.56. The van der Waals surface area contributed by atoms with E-state index in [1.807, 2.05) is 13.2 Å². The van der Waals surface area contributed by atoms with E-state index in [1.54, 1.807) is 0 Å². The molecule has 82 valence electrons. The average Bonchev–Trinajstić information content (AvgIpc) is 2.20. The first kappa shape index (κ1) is 11.5. The Kier molecular flexibility index (Phi) is 3.16. The molecule has 2 rings (SSSR count). The molecule has 1 aromatic rings. The molecule has 0 amide bonds. The van der Waals surface area contributed by atoms with Crippen molar-refractivity contribution < 1.29 is 0 Å². The second-order valence-corrected chi connectivity index (χ2v) is 5.79. The van der Waals surface area contributed by atoms with Crippen molar-refractivity contribution >= 4 is 30.5 Å². The molecule has 0 saturated heterocycles. The maximum absolute atomic E-state index is 4.56. The van der Waals surface area contributed by atoms with E-state index < -0.39 is 0 Å². The van der Waals surface area contributed by atoms with Crippen LogP contribution in [0.15, 0.2) is 16.7 Å². The van der Waals surface area contributed by atoms with Gasteiger partial charge in [-0.25, -0.2) is 0 Å². The molecule has 0 aromatic carbocycles. The van der Waals surface area contributed by atoms with Crippen molar-refractivity contribution in [2.24, 2.45) is 5.92 Å². The molecule has 0 radical (unpaired) electrons. The van der Waals surface area contributed by atoms with Crippen LogP contribution >= 0.6 is 25.2 Å². The second-order valence-electron chi connectivity index (χ2n) is 4.25. The number of pyridine rings is 1. The molecule has 3 atom stereocenters. The normalized spacial score (nSPS) is 30.0. The van der Waals surface area contributed by atoms with Gasteiger partial charge >= 0.3 is 0 Å². The summed E-state index contributed by atoms with van der Waals surface area (Å²) in [6.07, 6.45) is 4.34. The zero-order valence-electron chi connectivity index (χ0n) is 9.05. The van der Waals surface area contributed by atoms with Crippen molar-refractivity contribution in [2.45, 2.75) is 25.3 Å². The fraction of sp³-hybridized carbons (Fsp3) is 0.545. The minimum absolute atomic E-state index is 0.0950. The number of halogens is 1. The molecule has 2 nitrogen and oxygen atoms in total. The fourth-order valence-electron chi connectivity index (χ4n) is 2.39. The lowest BCUT2D eigenvalue weighted by Gasteiger charge is -2.48. The van der Waals surface area contributed by atoms with E-state index in [2.05, 4.69) is 48.5 Å². The van der Waals surface area contributed by atoms with Gasteiger partial charge in [0, 0.05) is 10.7 Å². The van der Waals surface area contributed by atoms with Crippen LogP contribution in [0.3, 0.4) is 0 Å². The average molecular weight is 287 g/mol. The molecule has 4 heteroatoms. The third-order valence-corrected chi connectivity index (χ3v) is 4.44. The number of hydrogen-bond donors (Lipinski definition) is 1. The molecule has 3 unspecified atom stereocenters. The minimum atomic E-state index is 0.0950. The highest BCUT2D eigenvalue weighted by atomic mass is 79.9. The van der Waals surface area contributed by atoms with Crippen molar-refractivity contribution in [1.29, 1.82) is 0 Å². The van der Waals surface area contributed by atoms with Crippen LogP contribution in [0.25, 0.3) is 0 Å². The number of nitrogens with zero attached hydrogens (tertiary/aromatic N) is 1. The molecule has 1 fully saturated rings. The Labute approximate surface area is 102 Å². The third-order valence-electron chi connectivity index (χ3n) is 3.57. The highest BCUT2D eigenvalue weighted by Gasteiger charge is 2.46. The second kappa shape index (κ2) is 4.12.